The number of benzene rings is 1. The molecule has 1 aromatic carbocycles. The number of nitrogens with zero attached hydrogens (tertiary/aromatic N) is 1. The van der Waals surface area contributed by atoms with Gasteiger partial charge in [0.1, 0.15) is 5.82 Å². The summed E-state index contributed by atoms with van der Waals surface area (Å²) in [6, 6.07) is 6.07. The third-order valence-electron chi connectivity index (χ3n) is 1.89. The first-order valence-corrected chi connectivity index (χ1v) is 3.94. The number of aryl methyl sites for hydroxylation is 1. The molecule has 2 N–H and O–H groups in total. The van der Waals surface area contributed by atoms with Crippen molar-refractivity contribution in [1.82, 2.24) is 9.97 Å². The van der Waals surface area contributed by atoms with E-state index in [-0.39, 0.29) is 0 Å². The molecule has 0 aliphatic carbocycles. The third-order valence-corrected chi connectivity index (χ3v) is 1.89. The number of imidazole rings is 1. The van der Waals surface area contributed by atoms with Crippen molar-refractivity contribution in [3.8, 4) is 0 Å². The van der Waals surface area contributed by atoms with Crippen molar-refractivity contribution in [2.45, 2.75) is 6.92 Å². The highest BCUT2D eigenvalue weighted by Gasteiger charge is 1.98. The first-order valence-electron chi connectivity index (χ1n) is 3.94. The Labute approximate surface area is 70.8 Å². The van der Waals surface area contributed by atoms with Crippen LogP contribution in [0, 0.1) is 6.92 Å². The molecule has 62 valence electrons. The number of hydrogen-bond donors (Lipinski definition) is 2. The van der Waals surface area contributed by atoms with Gasteiger partial charge in [-0.05, 0) is 25.1 Å². The first kappa shape index (κ1) is 7.16. The summed E-state index contributed by atoms with van der Waals surface area (Å²) in [5, 5.41) is 3.08. The van der Waals surface area contributed by atoms with Crippen molar-refractivity contribution < 1.29 is 0 Å². The molecule has 3 nitrogen and oxygen atoms in total. The van der Waals surface area contributed by atoms with Crippen LogP contribution in [0.3, 0.4) is 0 Å². The normalized spacial score (nSPS) is 10.5. The van der Waals surface area contributed by atoms with Gasteiger partial charge in [-0.3, -0.25) is 0 Å². The summed E-state index contributed by atoms with van der Waals surface area (Å²) in [7, 11) is 1.91. The summed E-state index contributed by atoms with van der Waals surface area (Å²) in [6.45, 7) is 1.96. The van der Waals surface area contributed by atoms with Crippen LogP contribution in [0.4, 0.5) is 5.69 Å². The summed E-state index contributed by atoms with van der Waals surface area (Å²) in [4.78, 5) is 7.49. The lowest BCUT2D eigenvalue weighted by atomic mass is 10.3. The molecule has 0 saturated heterocycles. The van der Waals surface area contributed by atoms with Gasteiger partial charge >= 0.3 is 0 Å². The van der Waals surface area contributed by atoms with Gasteiger partial charge in [-0.25, -0.2) is 4.98 Å². The molecule has 1 aromatic heterocycles. The zero-order chi connectivity index (χ0) is 8.55. The Morgan fingerprint density at radius 3 is 3.00 bits per heavy atom. The Bertz CT molecular complexity index is 403. The van der Waals surface area contributed by atoms with Crippen LogP contribution in [0.2, 0.25) is 0 Å². The summed E-state index contributed by atoms with van der Waals surface area (Å²) < 4.78 is 0. The molecule has 0 bridgehead atoms. The van der Waals surface area contributed by atoms with Gasteiger partial charge in [-0.15, -0.1) is 0 Å². The number of aromatic nitrogens is 2. The third kappa shape index (κ3) is 1.03. The summed E-state index contributed by atoms with van der Waals surface area (Å²) in [5.74, 6) is 0.957. The minimum Gasteiger partial charge on any atom is -0.388 e. The van der Waals surface area contributed by atoms with E-state index in [0.29, 0.717) is 0 Å². The van der Waals surface area contributed by atoms with E-state index in [1.165, 1.54) is 0 Å². The van der Waals surface area contributed by atoms with E-state index in [9.17, 15) is 0 Å². The lowest BCUT2D eigenvalue weighted by Gasteiger charge is -1.97. The molecule has 0 amide bonds. The second kappa shape index (κ2) is 2.52. The van der Waals surface area contributed by atoms with Crippen LogP contribution in [0.25, 0.3) is 11.0 Å². The average Bonchev–Trinajstić information content (AvgIpc) is 2.43. The average molecular weight is 161 g/mol. The molecule has 1 heterocycles. The number of hydrogen-bond acceptors (Lipinski definition) is 2. The highest BCUT2D eigenvalue weighted by atomic mass is 14.9. The molecule has 0 atom stereocenters. The number of fused-ring (bicyclic) bond motifs is 1. The number of aromatic amines is 1. The van der Waals surface area contributed by atoms with Crippen LogP contribution in [0.1, 0.15) is 5.82 Å². The predicted octanol–water partition coefficient (Wildman–Crippen LogP) is 1.91. The molecule has 0 unspecified atom stereocenters. The maximum Gasteiger partial charge on any atom is 0.104 e. The maximum atomic E-state index is 4.31. The predicted molar refractivity (Wildman–Crippen MR) is 50.4 cm³/mol. The van der Waals surface area contributed by atoms with Gasteiger partial charge < -0.3 is 10.3 Å². The first-order chi connectivity index (χ1) is 5.79. The summed E-state index contributed by atoms with van der Waals surface area (Å²) >= 11 is 0. The molecule has 0 spiro atoms. The molecular weight excluding hydrogens is 150 g/mol. The van der Waals surface area contributed by atoms with Crippen molar-refractivity contribution in [2.75, 3.05) is 12.4 Å². The zero-order valence-corrected chi connectivity index (χ0v) is 7.18. The minimum atomic E-state index is 0.957. The van der Waals surface area contributed by atoms with E-state index >= 15 is 0 Å². The fourth-order valence-electron chi connectivity index (χ4n) is 1.29. The molecule has 0 saturated carbocycles. The van der Waals surface area contributed by atoms with Crippen LogP contribution in [0.15, 0.2) is 18.2 Å². The minimum absolute atomic E-state index is 0.957. The van der Waals surface area contributed by atoms with Crippen LogP contribution in [-0.2, 0) is 0 Å². The van der Waals surface area contributed by atoms with Gasteiger partial charge in [0.25, 0.3) is 0 Å². The monoisotopic (exact) mass is 161 g/mol. The molecule has 0 radical (unpaired) electrons. The molecule has 2 rings (SSSR count). The number of H-pyrrole nitrogens is 1. The second-order valence-corrected chi connectivity index (χ2v) is 2.80. The lowest BCUT2D eigenvalue weighted by Crippen LogP contribution is -1.86. The highest BCUT2D eigenvalue weighted by molar-refractivity contribution is 5.79. The Kier molecular flexibility index (Phi) is 1.50. The fourth-order valence-corrected chi connectivity index (χ4v) is 1.29. The topological polar surface area (TPSA) is 40.7 Å². The van der Waals surface area contributed by atoms with E-state index in [1.807, 2.05) is 26.1 Å². The van der Waals surface area contributed by atoms with Crippen molar-refractivity contribution in [2.24, 2.45) is 0 Å². The summed E-state index contributed by atoms with van der Waals surface area (Å²) in [6.07, 6.45) is 0. The van der Waals surface area contributed by atoms with Crippen LogP contribution < -0.4 is 5.32 Å². The van der Waals surface area contributed by atoms with Crippen molar-refractivity contribution >= 4 is 16.7 Å². The molecular formula is C9H11N3. The maximum absolute atomic E-state index is 4.31. The van der Waals surface area contributed by atoms with Gasteiger partial charge in [0.15, 0.2) is 0 Å². The van der Waals surface area contributed by atoms with E-state index in [2.05, 4.69) is 21.4 Å². The Morgan fingerprint density at radius 1 is 1.42 bits per heavy atom. The van der Waals surface area contributed by atoms with Crippen LogP contribution >= 0.6 is 0 Å². The van der Waals surface area contributed by atoms with Gasteiger partial charge in [0.2, 0.25) is 0 Å². The smallest absolute Gasteiger partial charge is 0.104 e. The zero-order valence-electron chi connectivity index (χ0n) is 7.18. The van der Waals surface area contributed by atoms with Crippen LogP contribution in [-0.4, -0.2) is 17.0 Å². The van der Waals surface area contributed by atoms with Gasteiger partial charge in [-0.1, -0.05) is 0 Å². The number of rotatable bonds is 1. The largest absolute Gasteiger partial charge is 0.388 e. The summed E-state index contributed by atoms with van der Waals surface area (Å²) in [5.41, 5.74) is 3.21. The lowest BCUT2D eigenvalue weighted by molar-refractivity contribution is 1.17. The Morgan fingerprint density at radius 2 is 2.25 bits per heavy atom. The van der Waals surface area contributed by atoms with Gasteiger partial charge in [0.05, 0.1) is 11.0 Å². The Balaban J connectivity index is 2.66. The van der Waals surface area contributed by atoms with E-state index in [0.717, 1.165) is 22.5 Å². The second-order valence-electron chi connectivity index (χ2n) is 2.80. The molecule has 0 fully saturated rings. The highest BCUT2D eigenvalue weighted by Crippen LogP contribution is 2.16. The quantitative estimate of drug-likeness (QED) is 0.670. The standard InChI is InChI=1S/C9H11N3/c1-6-11-8-4-3-7(10-2)5-9(8)12-6/h3-5,10H,1-2H3,(H,11,12). The SMILES string of the molecule is CNc1ccc2nc(C)[nH]c2c1. The molecule has 3 heteroatoms. The number of nitrogens with one attached hydrogen (secondary N) is 2. The van der Waals surface area contributed by atoms with E-state index in [4.69, 9.17) is 0 Å². The molecule has 2 aromatic rings. The fraction of sp³-hybridized carbons (Fsp3) is 0.222. The number of anilines is 1. The van der Waals surface area contributed by atoms with Gasteiger partial charge in [0, 0.05) is 12.7 Å². The van der Waals surface area contributed by atoms with Crippen molar-refractivity contribution in [3.63, 3.8) is 0 Å². The molecule has 0 aliphatic heterocycles. The molecule has 0 aliphatic rings. The van der Waals surface area contributed by atoms with Crippen molar-refractivity contribution in [3.05, 3.63) is 24.0 Å². The van der Waals surface area contributed by atoms with Crippen LogP contribution in [0.5, 0.6) is 0 Å². The Hall–Kier alpha value is -1.51. The van der Waals surface area contributed by atoms with Gasteiger partial charge in [-0.2, -0.15) is 0 Å². The molecule has 12 heavy (non-hydrogen) atoms. The van der Waals surface area contributed by atoms with E-state index < -0.39 is 0 Å². The van der Waals surface area contributed by atoms with E-state index in [1.54, 1.807) is 0 Å². The van der Waals surface area contributed by atoms with Crippen molar-refractivity contribution in [1.29, 1.82) is 0 Å².